The van der Waals surface area contributed by atoms with E-state index in [4.69, 9.17) is 0 Å². The Kier molecular flexibility index (Phi) is 3.38. The van der Waals surface area contributed by atoms with Gasteiger partial charge in [-0.1, -0.05) is 29.8 Å². The summed E-state index contributed by atoms with van der Waals surface area (Å²) in [6.07, 6.45) is 0. The maximum Gasteiger partial charge on any atom is 0.149 e. The van der Waals surface area contributed by atoms with E-state index in [1.54, 1.807) is 0 Å². The summed E-state index contributed by atoms with van der Waals surface area (Å²) in [6.45, 7) is 6.14. The van der Waals surface area contributed by atoms with Crippen molar-refractivity contribution < 1.29 is 0 Å². The predicted molar refractivity (Wildman–Crippen MR) is 70.0 cm³/mol. The van der Waals surface area contributed by atoms with Gasteiger partial charge in [-0.3, -0.25) is 0 Å². The van der Waals surface area contributed by atoms with Gasteiger partial charge in [0.1, 0.15) is 5.82 Å². The van der Waals surface area contributed by atoms with Crippen molar-refractivity contribution in [2.75, 3.05) is 5.32 Å². The number of benzene rings is 1. The van der Waals surface area contributed by atoms with Gasteiger partial charge in [-0.25, -0.2) is 0 Å². The lowest BCUT2D eigenvalue weighted by molar-refractivity contribution is 0.855. The molecule has 0 aliphatic heterocycles. The first-order valence-electron chi connectivity index (χ1n) is 5.78. The van der Waals surface area contributed by atoms with Crippen LogP contribution in [0.2, 0.25) is 0 Å². The van der Waals surface area contributed by atoms with Crippen molar-refractivity contribution in [3.63, 3.8) is 0 Å². The lowest BCUT2D eigenvalue weighted by Crippen LogP contribution is -2.08. The third kappa shape index (κ3) is 3.03. The summed E-state index contributed by atoms with van der Waals surface area (Å²) < 4.78 is 0. The Morgan fingerprint density at radius 3 is 2.24 bits per heavy atom. The highest BCUT2D eigenvalue weighted by Gasteiger charge is 2.05. The number of aryl methyl sites for hydroxylation is 2. The smallest absolute Gasteiger partial charge is 0.149 e. The number of hydrogen-bond acceptors (Lipinski definition) is 3. The third-order valence-corrected chi connectivity index (χ3v) is 2.74. The van der Waals surface area contributed by atoms with Crippen LogP contribution in [0.15, 0.2) is 36.4 Å². The normalized spacial score (nSPS) is 12.2. The number of nitrogens with one attached hydrogen (secondary N) is 1. The Labute approximate surface area is 102 Å². The van der Waals surface area contributed by atoms with Crippen LogP contribution in [0.3, 0.4) is 0 Å². The highest BCUT2D eigenvalue weighted by atomic mass is 15.2. The van der Waals surface area contributed by atoms with Crippen LogP contribution < -0.4 is 5.32 Å². The molecule has 0 fully saturated rings. The molecule has 0 saturated heterocycles. The van der Waals surface area contributed by atoms with Crippen LogP contribution in [0.1, 0.15) is 29.8 Å². The van der Waals surface area contributed by atoms with Crippen molar-refractivity contribution in [1.29, 1.82) is 0 Å². The lowest BCUT2D eigenvalue weighted by Gasteiger charge is -2.14. The molecule has 1 unspecified atom stereocenters. The second-order valence-corrected chi connectivity index (χ2v) is 4.34. The topological polar surface area (TPSA) is 37.8 Å². The van der Waals surface area contributed by atoms with Gasteiger partial charge in [-0.15, -0.1) is 5.10 Å². The second kappa shape index (κ2) is 4.95. The van der Waals surface area contributed by atoms with Gasteiger partial charge in [-0.05, 0) is 38.5 Å². The molecule has 3 heteroatoms. The number of hydrogen-bond donors (Lipinski definition) is 1. The Hall–Kier alpha value is -1.90. The van der Waals surface area contributed by atoms with E-state index in [9.17, 15) is 0 Å². The number of aromatic nitrogens is 2. The van der Waals surface area contributed by atoms with Crippen LogP contribution in [0.4, 0.5) is 5.82 Å². The molecule has 88 valence electrons. The van der Waals surface area contributed by atoms with E-state index in [1.807, 2.05) is 19.1 Å². The first kappa shape index (κ1) is 11.6. The SMILES string of the molecule is Cc1ccc(C(C)Nc2ccc(C)nn2)cc1. The standard InChI is InChI=1S/C14H17N3/c1-10-4-7-13(8-5-10)12(3)15-14-9-6-11(2)16-17-14/h4-9,12H,1-3H3,(H,15,17). The first-order chi connectivity index (χ1) is 8.15. The van der Waals surface area contributed by atoms with Gasteiger partial charge in [0.25, 0.3) is 0 Å². The summed E-state index contributed by atoms with van der Waals surface area (Å²) in [5.41, 5.74) is 3.45. The number of anilines is 1. The molecule has 0 bridgehead atoms. The summed E-state index contributed by atoms with van der Waals surface area (Å²) in [5.74, 6) is 0.809. The monoisotopic (exact) mass is 227 g/mol. The maximum absolute atomic E-state index is 4.10. The van der Waals surface area contributed by atoms with Crippen molar-refractivity contribution in [3.05, 3.63) is 53.2 Å². The zero-order chi connectivity index (χ0) is 12.3. The molecule has 1 aromatic heterocycles. The minimum atomic E-state index is 0.229. The fraction of sp³-hybridized carbons (Fsp3) is 0.286. The van der Waals surface area contributed by atoms with Crippen LogP contribution in [-0.4, -0.2) is 10.2 Å². The van der Waals surface area contributed by atoms with Crippen LogP contribution in [0.25, 0.3) is 0 Å². The quantitative estimate of drug-likeness (QED) is 0.874. The van der Waals surface area contributed by atoms with E-state index in [1.165, 1.54) is 11.1 Å². The van der Waals surface area contributed by atoms with Gasteiger partial charge in [0, 0.05) is 6.04 Å². The molecule has 2 aromatic rings. The maximum atomic E-state index is 4.10. The molecule has 1 heterocycles. The first-order valence-corrected chi connectivity index (χ1v) is 5.78. The van der Waals surface area contributed by atoms with Crippen LogP contribution in [-0.2, 0) is 0 Å². The predicted octanol–water partition coefficient (Wildman–Crippen LogP) is 3.27. The molecule has 0 aliphatic rings. The zero-order valence-electron chi connectivity index (χ0n) is 10.4. The number of nitrogens with zero attached hydrogens (tertiary/aromatic N) is 2. The van der Waals surface area contributed by atoms with Crippen LogP contribution in [0, 0.1) is 13.8 Å². The molecular weight excluding hydrogens is 210 g/mol. The largest absolute Gasteiger partial charge is 0.362 e. The summed E-state index contributed by atoms with van der Waals surface area (Å²) in [5, 5.41) is 11.5. The molecule has 0 amide bonds. The molecule has 1 N–H and O–H groups in total. The van der Waals surface area contributed by atoms with E-state index in [0.717, 1.165) is 11.5 Å². The average Bonchev–Trinajstić information content (AvgIpc) is 2.33. The second-order valence-electron chi connectivity index (χ2n) is 4.34. The molecule has 1 atom stereocenters. The molecule has 0 saturated carbocycles. The fourth-order valence-corrected chi connectivity index (χ4v) is 1.64. The molecular formula is C14H17N3. The summed E-state index contributed by atoms with van der Waals surface area (Å²) >= 11 is 0. The molecule has 0 aliphatic carbocycles. The summed E-state index contributed by atoms with van der Waals surface area (Å²) in [7, 11) is 0. The summed E-state index contributed by atoms with van der Waals surface area (Å²) in [6, 6.07) is 12.6. The van der Waals surface area contributed by atoms with E-state index in [2.05, 4.69) is 53.6 Å². The summed E-state index contributed by atoms with van der Waals surface area (Å²) in [4.78, 5) is 0. The van der Waals surface area contributed by atoms with E-state index in [-0.39, 0.29) is 6.04 Å². The lowest BCUT2D eigenvalue weighted by atomic mass is 10.1. The van der Waals surface area contributed by atoms with Crippen molar-refractivity contribution >= 4 is 5.82 Å². The van der Waals surface area contributed by atoms with Crippen LogP contribution >= 0.6 is 0 Å². The van der Waals surface area contributed by atoms with Gasteiger partial charge >= 0.3 is 0 Å². The van der Waals surface area contributed by atoms with Crippen molar-refractivity contribution in [3.8, 4) is 0 Å². The van der Waals surface area contributed by atoms with Gasteiger partial charge in [0.15, 0.2) is 0 Å². The highest BCUT2D eigenvalue weighted by molar-refractivity contribution is 5.37. The highest BCUT2D eigenvalue weighted by Crippen LogP contribution is 2.17. The van der Waals surface area contributed by atoms with Crippen LogP contribution in [0.5, 0.6) is 0 Å². The van der Waals surface area contributed by atoms with Gasteiger partial charge in [0.2, 0.25) is 0 Å². The van der Waals surface area contributed by atoms with Gasteiger partial charge in [-0.2, -0.15) is 5.10 Å². The Morgan fingerprint density at radius 1 is 0.941 bits per heavy atom. The van der Waals surface area contributed by atoms with Gasteiger partial charge in [0.05, 0.1) is 5.69 Å². The molecule has 2 rings (SSSR count). The molecule has 0 radical (unpaired) electrons. The Balaban J connectivity index is 2.08. The van der Waals surface area contributed by atoms with Gasteiger partial charge < -0.3 is 5.32 Å². The number of rotatable bonds is 3. The Bertz CT molecular complexity index is 474. The molecule has 1 aromatic carbocycles. The van der Waals surface area contributed by atoms with Crippen molar-refractivity contribution in [2.45, 2.75) is 26.8 Å². The van der Waals surface area contributed by atoms with E-state index >= 15 is 0 Å². The van der Waals surface area contributed by atoms with E-state index in [0.29, 0.717) is 0 Å². The minimum absolute atomic E-state index is 0.229. The molecule has 0 spiro atoms. The average molecular weight is 227 g/mol. The van der Waals surface area contributed by atoms with Crippen molar-refractivity contribution in [2.24, 2.45) is 0 Å². The van der Waals surface area contributed by atoms with E-state index < -0.39 is 0 Å². The minimum Gasteiger partial charge on any atom is -0.362 e. The molecule has 3 nitrogen and oxygen atoms in total. The molecule has 17 heavy (non-hydrogen) atoms. The zero-order valence-corrected chi connectivity index (χ0v) is 10.4. The Morgan fingerprint density at radius 2 is 1.65 bits per heavy atom. The van der Waals surface area contributed by atoms with Crippen molar-refractivity contribution in [1.82, 2.24) is 10.2 Å². The third-order valence-electron chi connectivity index (χ3n) is 2.74. The fourth-order valence-electron chi connectivity index (χ4n) is 1.64.